The molecule has 0 aromatic rings. The van der Waals surface area contributed by atoms with E-state index in [9.17, 15) is 44.4 Å². The van der Waals surface area contributed by atoms with Crippen molar-refractivity contribution in [2.24, 2.45) is 22.9 Å². The first-order valence-corrected chi connectivity index (χ1v) is 21.3. The third-order valence-corrected chi connectivity index (χ3v) is 10.7. The number of hydrogen-bond donors (Lipinski definition) is 10. The van der Waals surface area contributed by atoms with Gasteiger partial charge in [-0.3, -0.25) is 4.79 Å². The Morgan fingerprint density at radius 1 is 0.785 bits per heavy atom. The molecule has 1 saturated heterocycles. The molecular formula is C42H74N6O17. The van der Waals surface area contributed by atoms with Crippen molar-refractivity contribution < 1.29 is 82.3 Å². The van der Waals surface area contributed by atoms with Crippen LogP contribution in [0.25, 0.3) is 0 Å². The average molecular weight is 935 g/mol. The van der Waals surface area contributed by atoms with Gasteiger partial charge in [0.05, 0.1) is 19.7 Å². The standard InChI is InChI=1S/C42H74N6O17/c1-34(2,3)62-29(53)39(44)16-15-21(17-43)59-32(39)61-27-23(50)26(60-28-25(52)42(47-14,38(13,57)20-58-28)31(55)64-36(7,8)9)40(45,19-41(27,46)30(54)63-35(4,5)6)24(51)22(49)18-48-33(56)65-37(10,11)12/h15,22-23,25-28,32,47,49-50,52,57H,16-20,43-46H2,1-14H3,(H,48,56)/t22-,23+,25-,26+,27-,28+,32+,38-,39-,40-,41-,42-/m0/s1. The van der Waals surface area contributed by atoms with E-state index >= 15 is 0 Å². The van der Waals surface area contributed by atoms with Gasteiger partial charge in [0, 0.05) is 12.8 Å². The van der Waals surface area contributed by atoms with Crippen LogP contribution in [0.4, 0.5) is 4.79 Å². The molecule has 2 aliphatic heterocycles. The summed E-state index contributed by atoms with van der Waals surface area (Å²) in [5, 5.41) is 52.6. The summed E-state index contributed by atoms with van der Waals surface area (Å²) in [6.07, 6.45) is -16.4. The zero-order valence-electron chi connectivity index (χ0n) is 40.1. The first-order chi connectivity index (χ1) is 29.2. The van der Waals surface area contributed by atoms with Gasteiger partial charge in [-0.15, -0.1) is 0 Å². The van der Waals surface area contributed by atoms with Crippen LogP contribution in [0.3, 0.4) is 0 Å². The summed E-state index contributed by atoms with van der Waals surface area (Å²) in [7, 11) is 1.25. The topological polar surface area (TPSA) is 368 Å². The van der Waals surface area contributed by atoms with Gasteiger partial charge in [0.1, 0.15) is 75.4 Å². The van der Waals surface area contributed by atoms with Crippen LogP contribution in [0.1, 0.15) is 103 Å². The van der Waals surface area contributed by atoms with Gasteiger partial charge < -0.3 is 91.9 Å². The second-order valence-corrected chi connectivity index (χ2v) is 21.2. The molecule has 65 heavy (non-hydrogen) atoms. The van der Waals surface area contributed by atoms with Crippen molar-refractivity contribution in [3.63, 3.8) is 0 Å². The molecule has 14 N–H and O–H groups in total. The summed E-state index contributed by atoms with van der Waals surface area (Å²) in [6.45, 7) is 17.9. The van der Waals surface area contributed by atoms with E-state index in [1.807, 2.05) is 0 Å². The Kier molecular flexibility index (Phi) is 16.5. The minimum atomic E-state index is -2.84. The third kappa shape index (κ3) is 12.3. The number of carbonyl (C=O) groups excluding carboxylic acids is 5. The molecule has 3 rings (SSSR count). The molecule has 3 aliphatic rings. The van der Waals surface area contributed by atoms with Crippen LogP contribution in [0.2, 0.25) is 0 Å². The van der Waals surface area contributed by atoms with Gasteiger partial charge in [-0.25, -0.2) is 19.2 Å². The predicted molar refractivity (Wildman–Crippen MR) is 229 cm³/mol. The molecule has 1 saturated carbocycles. The number of ketones is 1. The van der Waals surface area contributed by atoms with Crippen molar-refractivity contribution in [1.82, 2.24) is 10.6 Å². The third-order valence-electron chi connectivity index (χ3n) is 10.7. The fourth-order valence-corrected chi connectivity index (χ4v) is 7.63. The van der Waals surface area contributed by atoms with Crippen molar-refractivity contribution >= 4 is 29.8 Å². The van der Waals surface area contributed by atoms with Crippen molar-refractivity contribution in [1.29, 1.82) is 0 Å². The van der Waals surface area contributed by atoms with E-state index < -0.39 is 143 Å². The van der Waals surface area contributed by atoms with Gasteiger partial charge in [0.15, 0.2) is 23.2 Å². The first-order valence-electron chi connectivity index (χ1n) is 21.3. The lowest BCUT2D eigenvalue weighted by Crippen LogP contribution is -2.83. The molecule has 0 unspecified atom stereocenters. The SMILES string of the molecule is CN[C@]1(C(=O)OC(C)(C)C)[C@@H](O)[C@@H](O[C@@H]2[C@@H](O)[C@H](O[C@H]3OC(CN)=CC[C@]3(N)C(=O)OC(C)(C)C)[C@](N)(C(=O)OC(C)(C)C)C[C@]2(N)C(=O)[C@@H](O)CNC(=O)OC(C)(C)C)OC[C@]1(C)O. The maximum atomic E-state index is 14.7. The first kappa shape index (κ1) is 55.7. The van der Waals surface area contributed by atoms with E-state index in [-0.39, 0.29) is 18.7 Å². The van der Waals surface area contributed by atoms with Gasteiger partial charge >= 0.3 is 24.0 Å². The lowest BCUT2D eigenvalue weighted by Gasteiger charge is -2.56. The largest absolute Gasteiger partial charge is 0.466 e. The number of nitrogens with one attached hydrogen (secondary N) is 2. The molecule has 0 bridgehead atoms. The predicted octanol–water partition coefficient (Wildman–Crippen LogP) is -1.89. The van der Waals surface area contributed by atoms with Gasteiger partial charge in [-0.2, -0.15) is 0 Å². The zero-order chi connectivity index (χ0) is 50.3. The maximum absolute atomic E-state index is 14.7. The smallest absolute Gasteiger partial charge is 0.407 e. The maximum Gasteiger partial charge on any atom is 0.407 e. The lowest BCUT2D eigenvalue weighted by atomic mass is 9.64. The molecule has 2 heterocycles. The van der Waals surface area contributed by atoms with E-state index in [2.05, 4.69) is 10.6 Å². The van der Waals surface area contributed by atoms with E-state index in [0.29, 0.717) is 0 Å². The van der Waals surface area contributed by atoms with E-state index in [1.54, 1.807) is 62.3 Å². The minimum Gasteiger partial charge on any atom is -0.466 e. The van der Waals surface area contributed by atoms with Gasteiger partial charge in [0.2, 0.25) is 6.29 Å². The Balaban J connectivity index is 2.32. The summed E-state index contributed by atoms with van der Waals surface area (Å²) in [5.41, 5.74) is 9.59. The number of ether oxygens (including phenoxy) is 8. The quantitative estimate of drug-likeness (QED) is 0.0713. The number of amides is 1. The number of alkyl carbamates (subject to hydrolysis) is 1. The highest BCUT2D eigenvalue weighted by Gasteiger charge is 2.70. The second-order valence-electron chi connectivity index (χ2n) is 21.2. The summed E-state index contributed by atoms with van der Waals surface area (Å²) >= 11 is 0. The summed E-state index contributed by atoms with van der Waals surface area (Å²) < 4.78 is 46.4. The molecule has 12 atom stereocenters. The number of hydrogen-bond acceptors (Lipinski definition) is 22. The fraction of sp³-hybridized carbons (Fsp3) is 0.833. The van der Waals surface area contributed by atoms with Crippen molar-refractivity contribution in [3.05, 3.63) is 11.8 Å². The van der Waals surface area contributed by atoms with E-state index in [1.165, 1.54) is 40.8 Å². The number of Topliss-reactive ketones (excluding diaryl/α,β-unsaturated/α-hetero) is 1. The number of nitrogens with two attached hydrogens (primary N) is 4. The van der Waals surface area contributed by atoms with Gasteiger partial charge in [-0.1, -0.05) is 0 Å². The van der Waals surface area contributed by atoms with Crippen molar-refractivity contribution in [2.75, 3.05) is 26.7 Å². The zero-order valence-corrected chi connectivity index (χ0v) is 40.1. The molecular weight excluding hydrogens is 860 g/mol. The highest BCUT2D eigenvalue weighted by molar-refractivity contribution is 5.95. The molecule has 23 nitrogen and oxygen atoms in total. The molecule has 2 fully saturated rings. The Bertz CT molecular complexity index is 1800. The number of esters is 3. The van der Waals surface area contributed by atoms with Crippen LogP contribution < -0.4 is 33.6 Å². The van der Waals surface area contributed by atoms with Crippen LogP contribution in [0, 0.1) is 0 Å². The van der Waals surface area contributed by atoms with Gasteiger partial charge in [-0.05, 0) is 103 Å². The molecule has 0 aromatic carbocycles. The molecule has 0 spiro atoms. The highest BCUT2D eigenvalue weighted by Crippen LogP contribution is 2.44. The summed E-state index contributed by atoms with van der Waals surface area (Å²) in [5.74, 6) is -4.83. The van der Waals surface area contributed by atoms with Crippen LogP contribution in [-0.2, 0) is 57.1 Å². The molecule has 374 valence electrons. The van der Waals surface area contributed by atoms with E-state index in [4.69, 9.17) is 60.8 Å². The normalized spacial score (nSPS) is 35.1. The number of carbonyl (C=O) groups is 5. The lowest BCUT2D eigenvalue weighted by molar-refractivity contribution is -0.327. The molecule has 0 radical (unpaired) electrons. The molecule has 0 aromatic heterocycles. The number of aliphatic hydroxyl groups is 4. The average Bonchev–Trinajstić information content (AvgIpc) is 3.12. The monoisotopic (exact) mass is 935 g/mol. The Hall–Kier alpha value is -3.59. The molecule has 1 amide bonds. The Labute approximate surface area is 379 Å². The van der Waals surface area contributed by atoms with Crippen LogP contribution in [0.5, 0.6) is 0 Å². The van der Waals surface area contributed by atoms with Crippen molar-refractivity contribution in [3.8, 4) is 0 Å². The Morgan fingerprint density at radius 3 is 1.74 bits per heavy atom. The second kappa shape index (κ2) is 19.2. The van der Waals surface area contributed by atoms with Gasteiger partial charge in [0.25, 0.3) is 0 Å². The number of aliphatic hydroxyl groups excluding tert-OH is 3. The number of rotatable bonds is 13. The number of likely N-dealkylation sites (N-methyl/N-ethyl adjacent to an activating group) is 1. The fourth-order valence-electron chi connectivity index (χ4n) is 7.63. The summed E-state index contributed by atoms with van der Waals surface area (Å²) in [4.78, 5) is 69.5. The van der Waals surface area contributed by atoms with Crippen LogP contribution >= 0.6 is 0 Å². The molecule has 23 heteroatoms. The summed E-state index contributed by atoms with van der Waals surface area (Å²) in [6, 6.07) is 0. The van der Waals surface area contributed by atoms with E-state index in [0.717, 1.165) is 0 Å². The van der Waals surface area contributed by atoms with Crippen molar-refractivity contribution in [2.45, 2.75) is 196 Å². The molecule has 1 aliphatic carbocycles. The highest BCUT2D eigenvalue weighted by atomic mass is 16.7. The van der Waals surface area contributed by atoms with Crippen LogP contribution in [0.15, 0.2) is 11.8 Å². The van der Waals surface area contributed by atoms with Crippen LogP contribution in [-0.4, -0.2) is 170 Å². The minimum absolute atomic E-state index is 0.0675. The Morgan fingerprint density at radius 2 is 1.26 bits per heavy atom.